The molecule has 0 bridgehead atoms. The van der Waals surface area contributed by atoms with Crippen LogP contribution >= 0.6 is 0 Å². The van der Waals surface area contributed by atoms with E-state index in [2.05, 4.69) is 0 Å². The molecule has 7 heteroatoms. The van der Waals surface area contributed by atoms with Gasteiger partial charge >= 0.3 is 23.9 Å². The molecule has 0 aliphatic rings. The molecule has 0 aliphatic carbocycles. The lowest BCUT2D eigenvalue weighted by Crippen LogP contribution is -2.15. The molecule has 6 rings (SSSR count). The Bertz CT molecular complexity index is 1890. The van der Waals surface area contributed by atoms with Gasteiger partial charge in [0.1, 0.15) is 0 Å². The maximum Gasteiger partial charge on any atom is 0.346 e. The average molecular weight is 514 g/mol. The van der Waals surface area contributed by atoms with E-state index in [9.17, 15) is 29.4 Å². The van der Waals surface area contributed by atoms with Crippen LogP contribution in [0.4, 0.5) is 0 Å². The predicted molar refractivity (Wildman–Crippen MR) is 147 cm³/mol. The van der Waals surface area contributed by atoms with E-state index >= 15 is 0 Å². The van der Waals surface area contributed by atoms with Crippen LogP contribution < -0.4 is 0 Å². The monoisotopic (exact) mass is 514 g/mol. The van der Waals surface area contributed by atoms with E-state index in [-0.39, 0.29) is 33.0 Å². The summed E-state index contributed by atoms with van der Waals surface area (Å²) >= 11 is 0. The van der Waals surface area contributed by atoms with Gasteiger partial charge in [-0.25, -0.2) is 19.2 Å². The number of fused-ring (bicyclic) bond motifs is 4. The molecule has 6 aromatic rings. The van der Waals surface area contributed by atoms with Crippen molar-refractivity contribution < 1.29 is 34.1 Å². The standard InChI is InChI=1S/C32H18O7/c33-29(34)27-21-11-3-1-7-17(21)15-19-9-5-13-23(25(19)27)31(37)39-32(38)24-14-6-10-20-16-18-8-2-4-12-22(18)28(26(20)24)30(35)36/h1-16H,(H,33,34)(H,35,36). The lowest BCUT2D eigenvalue weighted by molar-refractivity contribution is 0.0400. The first kappa shape index (κ1) is 23.8. The van der Waals surface area contributed by atoms with E-state index in [1.807, 2.05) is 0 Å². The van der Waals surface area contributed by atoms with Gasteiger partial charge in [0.15, 0.2) is 0 Å². The number of aromatic carboxylic acids is 2. The number of carboxylic acids is 2. The van der Waals surface area contributed by atoms with Crippen molar-refractivity contribution in [3.63, 3.8) is 0 Å². The maximum absolute atomic E-state index is 13.4. The molecule has 0 unspecified atom stereocenters. The van der Waals surface area contributed by atoms with Crippen LogP contribution in [0.15, 0.2) is 97.1 Å². The molecule has 0 spiro atoms. The van der Waals surface area contributed by atoms with E-state index in [1.54, 1.807) is 84.9 Å². The van der Waals surface area contributed by atoms with Crippen molar-refractivity contribution in [3.05, 3.63) is 119 Å². The maximum atomic E-state index is 13.4. The number of hydrogen-bond donors (Lipinski definition) is 2. The number of hydrogen-bond acceptors (Lipinski definition) is 5. The van der Waals surface area contributed by atoms with Crippen LogP contribution in [0.25, 0.3) is 43.1 Å². The van der Waals surface area contributed by atoms with Crippen LogP contribution in [-0.2, 0) is 4.74 Å². The van der Waals surface area contributed by atoms with Crippen molar-refractivity contribution in [2.24, 2.45) is 0 Å². The molecule has 0 fully saturated rings. The van der Waals surface area contributed by atoms with Crippen molar-refractivity contribution in [2.45, 2.75) is 0 Å². The van der Waals surface area contributed by atoms with E-state index in [0.29, 0.717) is 32.3 Å². The Labute approximate surface area is 220 Å². The van der Waals surface area contributed by atoms with Crippen LogP contribution in [0.1, 0.15) is 41.4 Å². The first-order valence-corrected chi connectivity index (χ1v) is 12.0. The molecule has 6 aromatic carbocycles. The summed E-state index contributed by atoms with van der Waals surface area (Å²) in [7, 11) is 0. The van der Waals surface area contributed by atoms with Gasteiger partial charge in [-0.1, -0.05) is 72.8 Å². The van der Waals surface area contributed by atoms with Gasteiger partial charge in [0, 0.05) is 10.8 Å². The Morgan fingerprint density at radius 2 is 0.872 bits per heavy atom. The number of esters is 2. The topological polar surface area (TPSA) is 118 Å². The Morgan fingerprint density at radius 3 is 1.28 bits per heavy atom. The highest BCUT2D eigenvalue weighted by molar-refractivity contribution is 6.24. The highest BCUT2D eigenvalue weighted by Crippen LogP contribution is 2.33. The third-order valence-electron chi connectivity index (χ3n) is 6.83. The number of carboxylic acid groups (broad SMARTS) is 2. The smallest absolute Gasteiger partial charge is 0.346 e. The predicted octanol–water partition coefficient (Wildman–Crippen LogP) is 6.69. The average Bonchev–Trinajstić information content (AvgIpc) is 2.93. The quantitative estimate of drug-likeness (QED) is 0.153. The molecular formula is C32H18O7. The van der Waals surface area contributed by atoms with Gasteiger partial charge in [-0.2, -0.15) is 0 Å². The zero-order chi connectivity index (χ0) is 27.3. The van der Waals surface area contributed by atoms with E-state index < -0.39 is 23.9 Å². The van der Waals surface area contributed by atoms with E-state index in [4.69, 9.17) is 4.74 Å². The third-order valence-corrected chi connectivity index (χ3v) is 6.83. The lowest BCUT2D eigenvalue weighted by Gasteiger charge is -2.13. The minimum Gasteiger partial charge on any atom is -0.478 e. The molecule has 0 atom stereocenters. The summed E-state index contributed by atoms with van der Waals surface area (Å²) in [5, 5.41) is 23.7. The van der Waals surface area contributed by atoms with Gasteiger partial charge in [-0.3, -0.25) is 0 Å². The molecule has 0 aliphatic heterocycles. The second-order valence-electron chi connectivity index (χ2n) is 9.04. The zero-order valence-corrected chi connectivity index (χ0v) is 20.2. The molecule has 188 valence electrons. The van der Waals surface area contributed by atoms with Gasteiger partial charge in [-0.15, -0.1) is 0 Å². The van der Waals surface area contributed by atoms with E-state index in [1.165, 1.54) is 12.1 Å². The van der Waals surface area contributed by atoms with Gasteiger partial charge in [0.2, 0.25) is 0 Å². The molecule has 0 radical (unpaired) electrons. The molecule has 0 heterocycles. The summed E-state index contributed by atoms with van der Waals surface area (Å²) in [6.07, 6.45) is 0. The summed E-state index contributed by atoms with van der Waals surface area (Å²) < 4.78 is 5.27. The lowest BCUT2D eigenvalue weighted by atomic mass is 9.93. The summed E-state index contributed by atoms with van der Waals surface area (Å²) in [4.78, 5) is 51.4. The summed E-state index contributed by atoms with van der Waals surface area (Å²) in [6.45, 7) is 0. The molecule has 7 nitrogen and oxygen atoms in total. The SMILES string of the molecule is O=C(OC(=O)c1cccc2cc3ccccc3c(C(=O)O)c12)c1cccc2cc3ccccc3c(C(=O)O)c12. The van der Waals surface area contributed by atoms with Gasteiger partial charge in [0.25, 0.3) is 0 Å². The fourth-order valence-corrected chi connectivity index (χ4v) is 5.22. The number of rotatable bonds is 4. The summed E-state index contributed by atoms with van der Waals surface area (Å²) in [5.74, 6) is -4.54. The largest absolute Gasteiger partial charge is 0.478 e. The number of carbonyl (C=O) groups is 4. The fraction of sp³-hybridized carbons (Fsp3) is 0. The van der Waals surface area contributed by atoms with Crippen molar-refractivity contribution in [2.75, 3.05) is 0 Å². The van der Waals surface area contributed by atoms with Crippen LogP contribution in [0.3, 0.4) is 0 Å². The second-order valence-corrected chi connectivity index (χ2v) is 9.04. The molecule has 0 saturated heterocycles. The Balaban J connectivity index is 1.50. The molecule has 0 aromatic heterocycles. The normalized spacial score (nSPS) is 11.2. The molecular weight excluding hydrogens is 496 g/mol. The first-order valence-electron chi connectivity index (χ1n) is 12.0. The first-order chi connectivity index (χ1) is 18.8. The molecule has 39 heavy (non-hydrogen) atoms. The van der Waals surface area contributed by atoms with Gasteiger partial charge in [0.05, 0.1) is 22.3 Å². The van der Waals surface area contributed by atoms with Crippen molar-refractivity contribution in [1.82, 2.24) is 0 Å². The Morgan fingerprint density at radius 1 is 0.487 bits per heavy atom. The number of ether oxygens (including phenoxy) is 1. The van der Waals surface area contributed by atoms with Crippen molar-refractivity contribution in [3.8, 4) is 0 Å². The minimum atomic E-state index is -1.23. The van der Waals surface area contributed by atoms with Crippen molar-refractivity contribution >= 4 is 67.0 Å². The Kier molecular flexibility index (Phi) is 5.54. The van der Waals surface area contributed by atoms with Crippen LogP contribution in [0.2, 0.25) is 0 Å². The summed E-state index contributed by atoms with van der Waals surface area (Å²) in [5.41, 5.74) is -0.331. The number of benzene rings is 6. The minimum absolute atomic E-state index is 0.0760. The zero-order valence-electron chi connectivity index (χ0n) is 20.2. The van der Waals surface area contributed by atoms with Crippen molar-refractivity contribution in [1.29, 1.82) is 0 Å². The highest BCUT2D eigenvalue weighted by atomic mass is 16.6. The second kappa shape index (κ2) is 9.08. The molecule has 2 N–H and O–H groups in total. The third kappa shape index (κ3) is 3.84. The Hall–Kier alpha value is -5.56. The molecule has 0 saturated carbocycles. The number of carbonyl (C=O) groups excluding carboxylic acids is 2. The molecule has 0 amide bonds. The van der Waals surface area contributed by atoms with Crippen LogP contribution in [-0.4, -0.2) is 34.1 Å². The van der Waals surface area contributed by atoms with Gasteiger partial charge in [-0.05, 0) is 56.6 Å². The van der Waals surface area contributed by atoms with Crippen LogP contribution in [0.5, 0.6) is 0 Å². The summed E-state index contributed by atoms with van der Waals surface area (Å²) in [6, 6.07) is 26.7. The van der Waals surface area contributed by atoms with Gasteiger partial charge < -0.3 is 14.9 Å². The highest BCUT2D eigenvalue weighted by Gasteiger charge is 2.25. The van der Waals surface area contributed by atoms with E-state index in [0.717, 1.165) is 0 Å². The fourth-order valence-electron chi connectivity index (χ4n) is 5.22. The van der Waals surface area contributed by atoms with Crippen LogP contribution in [0, 0.1) is 0 Å².